The van der Waals surface area contributed by atoms with Crippen molar-refractivity contribution < 1.29 is 24.2 Å². The van der Waals surface area contributed by atoms with Crippen LogP contribution in [-0.4, -0.2) is 30.9 Å². The van der Waals surface area contributed by atoms with Crippen molar-refractivity contribution in [2.45, 2.75) is 0 Å². The van der Waals surface area contributed by atoms with Crippen molar-refractivity contribution in [3.8, 4) is 17.2 Å². The summed E-state index contributed by atoms with van der Waals surface area (Å²) in [5, 5.41) is 9.87. The molecule has 0 atom stereocenters. The van der Waals surface area contributed by atoms with Crippen molar-refractivity contribution in [2.24, 2.45) is 0 Å². The Hall–Kier alpha value is -2.82. The molecular weight excluding hydrogens is 272 g/mol. The van der Waals surface area contributed by atoms with Crippen LogP contribution in [0, 0.1) is 0 Å². The number of phenols is 1. The molecule has 5 heteroatoms. The van der Waals surface area contributed by atoms with E-state index in [9.17, 15) is 14.7 Å². The fourth-order valence-corrected chi connectivity index (χ4v) is 2.50. The van der Waals surface area contributed by atoms with Crippen LogP contribution in [0.15, 0.2) is 30.3 Å². The minimum atomic E-state index is -0.404. The highest BCUT2D eigenvalue weighted by molar-refractivity contribution is 6.29. The minimum Gasteiger partial charge on any atom is -0.507 e. The van der Waals surface area contributed by atoms with E-state index < -0.39 is 5.78 Å². The van der Waals surface area contributed by atoms with E-state index in [1.165, 1.54) is 44.6 Å². The number of rotatable bonds is 2. The zero-order valence-corrected chi connectivity index (χ0v) is 11.5. The number of benzene rings is 2. The van der Waals surface area contributed by atoms with E-state index in [0.717, 1.165) is 0 Å². The highest BCUT2D eigenvalue weighted by atomic mass is 16.5. The number of ether oxygens (including phenoxy) is 2. The van der Waals surface area contributed by atoms with Crippen molar-refractivity contribution in [1.29, 1.82) is 0 Å². The Morgan fingerprint density at radius 2 is 1.43 bits per heavy atom. The van der Waals surface area contributed by atoms with Crippen molar-refractivity contribution in [3.63, 3.8) is 0 Å². The third kappa shape index (κ3) is 1.78. The Labute approximate surface area is 120 Å². The summed E-state index contributed by atoms with van der Waals surface area (Å²) in [5.41, 5.74) is 0.671. The van der Waals surface area contributed by atoms with E-state index in [0.29, 0.717) is 11.5 Å². The van der Waals surface area contributed by atoms with Crippen LogP contribution in [0.1, 0.15) is 31.8 Å². The molecule has 0 radical (unpaired) electrons. The number of methoxy groups -OCH3 is 2. The van der Waals surface area contributed by atoms with Gasteiger partial charge in [0.15, 0.2) is 23.1 Å². The molecule has 5 nitrogen and oxygen atoms in total. The van der Waals surface area contributed by atoms with Gasteiger partial charge in [0, 0.05) is 16.7 Å². The van der Waals surface area contributed by atoms with E-state index in [1.54, 1.807) is 0 Å². The number of carbonyl (C=O) groups is 2. The molecule has 0 aliphatic heterocycles. The molecule has 0 saturated carbocycles. The standard InChI is InChI=1S/C16H12O5/c1-20-12-6-9-10(7-13(12)21-2)16(19)14-8(15(9)18)4-3-5-11(14)17/h3-7,17H,1-2H3. The van der Waals surface area contributed by atoms with Crippen molar-refractivity contribution in [3.05, 3.63) is 52.6 Å². The lowest BCUT2D eigenvalue weighted by Crippen LogP contribution is -2.21. The van der Waals surface area contributed by atoms with Crippen LogP contribution in [0.2, 0.25) is 0 Å². The highest BCUT2D eigenvalue weighted by Gasteiger charge is 2.33. The van der Waals surface area contributed by atoms with E-state index in [-0.39, 0.29) is 33.8 Å². The van der Waals surface area contributed by atoms with Gasteiger partial charge < -0.3 is 14.6 Å². The van der Waals surface area contributed by atoms with Gasteiger partial charge in [0.2, 0.25) is 0 Å². The summed E-state index contributed by atoms with van der Waals surface area (Å²) >= 11 is 0. The van der Waals surface area contributed by atoms with Crippen LogP contribution >= 0.6 is 0 Å². The maximum atomic E-state index is 12.5. The molecule has 21 heavy (non-hydrogen) atoms. The molecule has 2 aromatic rings. The Balaban J connectivity index is 2.30. The third-order valence-corrected chi connectivity index (χ3v) is 3.53. The van der Waals surface area contributed by atoms with E-state index in [4.69, 9.17) is 9.47 Å². The Morgan fingerprint density at radius 3 is 2.00 bits per heavy atom. The summed E-state index contributed by atoms with van der Waals surface area (Å²) in [4.78, 5) is 25.0. The van der Waals surface area contributed by atoms with Gasteiger partial charge in [-0.2, -0.15) is 0 Å². The first-order valence-corrected chi connectivity index (χ1v) is 6.26. The molecule has 1 aliphatic rings. The Bertz CT molecular complexity index is 776. The average molecular weight is 284 g/mol. The van der Waals surface area contributed by atoms with E-state index in [2.05, 4.69) is 0 Å². The van der Waals surface area contributed by atoms with Crippen LogP contribution in [0.3, 0.4) is 0 Å². The van der Waals surface area contributed by atoms with Gasteiger partial charge in [0.05, 0.1) is 19.8 Å². The van der Waals surface area contributed by atoms with Gasteiger partial charge in [-0.15, -0.1) is 0 Å². The van der Waals surface area contributed by atoms with Crippen molar-refractivity contribution in [2.75, 3.05) is 14.2 Å². The number of carbonyl (C=O) groups excluding carboxylic acids is 2. The second kappa shape index (κ2) is 4.63. The summed E-state index contributed by atoms with van der Waals surface area (Å²) in [6.07, 6.45) is 0. The van der Waals surface area contributed by atoms with Gasteiger partial charge in [-0.1, -0.05) is 12.1 Å². The molecule has 1 aliphatic carbocycles. The summed E-state index contributed by atoms with van der Waals surface area (Å²) in [6.45, 7) is 0. The molecule has 1 N–H and O–H groups in total. The van der Waals surface area contributed by atoms with Crippen molar-refractivity contribution >= 4 is 11.6 Å². The third-order valence-electron chi connectivity index (χ3n) is 3.53. The van der Waals surface area contributed by atoms with Gasteiger partial charge in [-0.25, -0.2) is 0 Å². The lowest BCUT2D eigenvalue weighted by atomic mass is 9.83. The monoisotopic (exact) mass is 284 g/mol. The normalized spacial score (nSPS) is 12.7. The van der Waals surface area contributed by atoms with Crippen LogP contribution < -0.4 is 9.47 Å². The molecule has 0 spiro atoms. The zero-order valence-electron chi connectivity index (χ0n) is 11.5. The maximum Gasteiger partial charge on any atom is 0.198 e. The number of fused-ring (bicyclic) bond motifs is 2. The fourth-order valence-electron chi connectivity index (χ4n) is 2.50. The van der Waals surface area contributed by atoms with E-state index >= 15 is 0 Å². The van der Waals surface area contributed by atoms with Gasteiger partial charge >= 0.3 is 0 Å². The number of hydrogen-bond acceptors (Lipinski definition) is 5. The van der Waals surface area contributed by atoms with Gasteiger partial charge in [-0.3, -0.25) is 9.59 Å². The second-order valence-electron chi connectivity index (χ2n) is 4.61. The number of hydrogen-bond donors (Lipinski definition) is 1. The number of aromatic hydroxyl groups is 1. The Kier molecular flexibility index (Phi) is 2.90. The first-order chi connectivity index (χ1) is 10.1. The van der Waals surface area contributed by atoms with Crippen LogP contribution in [-0.2, 0) is 0 Å². The predicted molar refractivity (Wildman–Crippen MR) is 74.5 cm³/mol. The molecule has 2 aromatic carbocycles. The van der Waals surface area contributed by atoms with Crippen molar-refractivity contribution in [1.82, 2.24) is 0 Å². The molecule has 0 bridgehead atoms. The second-order valence-corrected chi connectivity index (χ2v) is 4.61. The smallest absolute Gasteiger partial charge is 0.198 e. The molecule has 0 fully saturated rings. The molecule has 106 valence electrons. The SMILES string of the molecule is COc1cc2c(cc1OC)C(=O)c1c(O)cccc1C2=O. The predicted octanol–water partition coefficient (Wildman–Crippen LogP) is 2.18. The summed E-state index contributed by atoms with van der Waals surface area (Å²) in [5.74, 6) is -0.196. The van der Waals surface area contributed by atoms with Crippen LogP contribution in [0.25, 0.3) is 0 Å². The van der Waals surface area contributed by atoms with Crippen LogP contribution in [0.4, 0.5) is 0 Å². The van der Waals surface area contributed by atoms with Gasteiger partial charge in [0.25, 0.3) is 0 Å². The topological polar surface area (TPSA) is 72.8 Å². The molecule has 0 amide bonds. The molecular formula is C16H12O5. The number of phenolic OH excluding ortho intramolecular Hbond substituents is 1. The van der Waals surface area contributed by atoms with Gasteiger partial charge in [-0.05, 0) is 18.2 Å². The highest BCUT2D eigenvalue weighted by Crippen LogP contribution is 2.38. The molecule has 0 unspecified atom stereocenters. The number of ketones is 2. The molecule has 0 heterocycles. The molecule has 0 saturated heterocycles. The van der Waals surface area contributed by atoms with Crippen LogP contribution in [0.5, 0.6) is 17.2 Å². The summed E-state index contributed by atoms with van der Waals surface area (Å²) in [6, 6.07) is 7.39. The summed E-state index contributed by atoms with van der Waals surface area (Å²) in [7, 11) is 2.91. The largest absolute Gasteiger partial charge is 0.507 e. The average Bonchev–Trinajstić information content (AvgIpc) is 2.51. The molecule has 3 rings (SSSR count). The lowest BCUT2D eigenvalue weighted by Gasteiger charge is -2.20. The minimum absolute atomic E-state index is 0.0298. The summed E-state index contributed by atoms with van der Waals surface area (Å²) < 4.78 is 10.3. The molecule has 0 aromatic heterocycles. The first-order valence-electron chi connectivity index (χ1n) is 6.26. The fraction of sp³-hybridized carbons (Fsp3) is 0.125. The first kappa shape index (κ1) is 13.2. The lowest BCUT2D eigenvalue weighted by molar-refractivity contribution is 0.0976. The zero-order chi connectivity index (χ0) is 15.1. The van der Waals surface area contributed by atoms with E-state index in [1.807, 2.05) is 0 Å². The van der Waals surface area contributed by atoms with Gasteiger partial charge in [0.1, 0.15) is 5.75 Å². The Morgan fingerprint density at radius 1 is 0.857 bits per heavy atom. The maximum absolute atomic E-state index is 12.5. The quantitative estimate of drug-likeness (QED) is 0.781.